The maximum Gasteiger partial charge on any atom is 0.275 e. The second kappa shape index (κ2) is 8.85. The van der Waals surface area contributed by atoms with Gasteiger partial charge in [-0.3, -0.25) is 14.5 Å². The zero-order valence-electron chi connectivity index (χ0n) is 18.3. The molecule has 0 N–H and O–H groups in total. The van der Waals surface area contributed by atoms with Crippen molar-refractivity contribution < 1.29 is 23.5 Å². The highest BCUT2D eigenvalue weighted by atomic mass is 16.5. The van der Waals surface area contributed by atoms with Gasteiger partial charge in [-0.2, -0.15) is 0 Å². The smallest absolute Gasteiger partial charge is 0.275 e. The van der Waals surface area contributed by atoms with Crippen LogP contribution in [0.2, 0.25) is 0 Å². The third-order valence-electron chi connectivity index (χ3n) is 5.88. The Morgan fingerprint density at radius 3 is 2.58 bits per heavy atom. The van der Waals surface area contributed by atoms with Gasteiger partial charge in [-0.1, -0.05) is 12.1 Å². The number of anilines is 2. The molecule has 9 nitrogen and oxygen atoms in total. The standard InChI is InChI=1S/C24H24N4O5/c1-31-18-8-6-17(7-9-18)26-10-12-27(13-11-26)24(30)19-15-33-22(25-19)14-28-20-4-2-3-5-21(20)32-16-23(28)29/h2-9,15H,10-14,16H2,1H3. The Kier molecular flexibility index (Phi) is 5.60. The number of hydrogen-bond acceptors (Lipinski definition) is 7. The molecule has 5 rings (SSSR count). The van der Waals surface area contributed by atoms with Crippen molar-refractivity contribution in [3.05, 3.63) is 66.4 Å². The van der Waals surface area contributed by atoms with Crippen LogP contribution in [0.5, 0.6) is 11.5 Å². The van der Waals surface area contributed by atoms with E-state index in [4.69, 9.17) is 13.9 Å². The molecule has 33 heavy (non-hydrogen) atoms. The summed E-state index contributed by atoms with van der Waals surface area (Å²) in [5.74, 6) is 1.40. The van der Waals surface area contributed by atoms with Crippen LogP contribution in [0.4, 0.5) is 11.4 Å². The highest BCUT2D eigenvalue weighted by Crippen LogP contribution is 2.32. The highest BCUT2D eigenvalue weighted by molar-refractivity contribution is 5.97. The van der Waals surface area contributed by atoms with Gasteiger partial charge in [0.05, 0.1) is 12.8 Å². The maximum absolute atomic E-state index is 13.0. The number of para-hydroxylation sites is 2. The Morgan fingerprint density at radius 1 is 1.06 bits per heavy atom. The average molecular weight is 448 g/mol. The van der Waals surface area contributed by atoms with Crippen LogP contribution in [-0.4, -0.2) is 61.6 Å². The number of piperazine rings is 1. The van der Waals surface area contributed by atoms with Crippen molar-refractivity contribution in [3.63, 3.8) is 0 Å². The third kappa shape index (κ3) is 4.21. The van der Waals surface area contributed by atoms with E-state index in [1.807, 2.05) is 48.5 Å². The summed E-state index contributed by atoms with van der Waals surface area (Å²) in [5.41, 5.74) is 2.01. The summed E-state index contributed by atoms with van der Waals surface area (Å²) in [7, 11) is 1.65. The van der Waals surface area contributed by atoms with Crippen molar-refractivity contribution in [3.8, 4) is 11.5 Å². The molecule has 0 unspecified atom stereocenters. The summed E-state index contributed by atoms with van der Waals surface area (Å²) in [4.78, 5) is 35.3. The van der Waals surface area contributed by atoms with Gasteiger partial charge in [0.1, 0.15) is 24.3 Å². The Bertz CT molecular complexity index is 1150. The number of carbonyl (C=O) groups is 2. The molecule has 1 aromatic heterocycles. The number of ether oxygens (including phenoxy) is 2. The lowest BCUT2D eigenvalue weighted by Crippen LogP contribution is -2.48. The summed E-state index contributed by atoms with van der Waals surface area (Å²) in [6.45, 7) is 2.72. The van der Waals surface area contributed by atoms with Crippen molar-refractivity contribution in [1.29, 1.82) is 0 Å². The number of hydrogen-bond donors (Lipinski definition) is 0. The van der Waals surface area contributed by atoms with Gasteiger partial charge in [0.25, 0.3) is 11.8 Å². The summed E-state index contributed by atoms with van der Waals surface area (Å²) in [5, 5.41) is 0. The molecule has 2 aliphatic rings. The van der Waals surface area contributed by atoms with E-state index in [0.717, 1.165) is 24.5 Å². The van der Waals surface area contributed by atoms with Gasteiger partial charge in [-0.25, -0.2) is 4.98 Å². The minimum absolute atomic E-state index is 0.0397. The minimum atomic E-state index is -0.186. The van der Waals surface area contributed by atoms with E-state index in [0.29, 0.717) is 30.4 Å². The first-order valence-electron chi connectivity index (χ1n) is 10.8. The lowest BCUT2D eigenvalue weighted by atomic mass is 10.2. The number of amides is 2. The molecule has 0 bridgehead atoms. The predicted octanol–water partition coefficient (Wildman–Crippen LogP) is 2.57. The number of rotatable bonds is 5. The highest BCUT2D eigenvalue weighted by Gasteiger charge is 2.28. The van der Waals surface area contributed by atoms with Crippen molar-refractivity contribution >= 4 is 23.2 Å². The number of oxazole rings is 1. The van der Waals surface area contributed by atoms with E-state index in [1.165, 1.54) is 6.26 Å². The van der Waals surface area contributed by atoms with Gasteiger partial charge in [0.2, 0.25) is 5.89 Å². The molecule has 0 radical (unpaired) electrons. The molecule has 2 aliphatic heterocycles. The number of methoxy groups -OCH3 is 1. The normalized spacial score (nSPS) is 15.8. The van der Waals surface area contributed by atoms with Crippen LogP contribution >= 0.6 is 0 Å². The van der Waals surface area contributed by atoms with Gasteiger partial charge >= 0.3 is 0 Å². The average Bonchev–Trinajstić information content (AvgIpc) is 3.34. The molecule has 0 atom stereocenters. The molecule has 1 saturated heterocycles. The van der Waals surface area contributed by atoms with Crippen LogP contribution in [0.1, 0.15) is 16.4 Å². The van der Waals surface area contributed by atoms with Gasteiger partial charge in [-0.15, -0.1) is 0 Å². The summed E-state index contributed by atoms with van der Waals surface area (Å²) in [6, 6.07) is 15.2. The van der Waals surface area contributed by atoms with Crippen LogP contribution in [0.25, 0.3) is 0 Å². The predicted molar refractivity (Wildman–Crippen MR) is 121 cm³/mol. The Balaban J connectivity index is 1.22. The monoisotopic (exact) mass is 448 g/mol. The first-order chi connectivity index (χ1) is 16.1. The van der Waals surface area contributed by atoms with Gasteiger partial charge < -0.3 is 23.7 Å². The summed E-state index contributed by atoms with van der Waals surface area (Å²) < 4.78 is 16.2. The van der Waals surface area contributed by atoms with Crippen molar-refractivity contribution in [2.75, 3.05) is 49.7 Å². The molecule has 9 heteroatoms. The van der Waals surface area contributed by atoms with E-state index >= 15 is 0 Å². The molecule has 3 aromatic rings. The van der Waals surface area contributed by atoms with Crippen molar-refractivity contribution in [2.24, 2.45) is 0 Å². The molecule has 1 fully saturated rings. The first-order valence-corrected chi connectivity index (χ1v) is 10.8. The Hall–Kier alpha value is -4.01. The fourth-order valence-corrected chi connectivity index (χ4v) is 4.07. The largest absolute Gasteiger partial charge is 0.497 e. The van der Waals surface area contributed by atoms with Gasteiger partial charge in [0.15, 0.2) is 12.3 Å². The van der Waals surface area contributed by atoms with Crippen LogP contribution in [0.3, 0.4) is 0 Å². The van der Waals surface area contributed by atoms with E-state index < -0.39 is 0 Å². The van der Waals surface area contributed by atoms with E-state index in [2.05, 4.69) is 9.88 Å². The zero-order chi connectivity index (χ0) is 22.8. The second-order valence-electron chi connectivity index (χ2n) is 7.84. The second-order valence-corrected chi connectivity index (χ2v) is 7.84. The maximum atomic E-state index is 13.0. The first kappa shape index (κ1) is 20.9. The molecule has 0 spiro atoms. The number of nitrogens with zero attached hydrogens (tertiary/aromatic N) is 4. The van der Waals surface area contributed by atoms with Gasteiger partial charge in [-0.05, 0) is 36.4 Å². The topological polar surface area (TPSA) is 88.4 Å². The summed E-state index contributed by atoms with van der Waals surface area (Å²) >= 11 is 0. The molecule has 170 valence electrons. The lowest BCUT2D eigenvalue weighted by molar-refractivity contribution is -0.121. The van der Waals surface area contributed by atoms with E-state index in [9.17, 15) is 9.59 Å². The number of benzene rings is 2. The molecule has 0 aliphatic carbocycles. The molecular formula is C24H24N4O5. The SMILES string of the molecule is COc1ccc(N2CCN(C(=O)c3coc(CN4C(=O)COc5ccccc54)n3)CC2)cc1. The molecular weight excluding hydrogens is 424 g/mol. The third-order valence-corrected chi connectivity index (χ3v) is 5.88. The van der Waals surface area contributed by atoms with E-state index in [1.54, 1.807) is 16.9 Å². The van der Waals surface area contributed by atoms with Crippen LogP contribution in [-0.2, 0) is 11.3 Å². The number of carbonyl (C=O) groups excluding carboxylic acids is 2. The number of fused-ring (bicyclic) bond motifs is 1. The molecule has 0 saturated carbocycles. The molecule has 2 amide bonds. The van der Waals surface area contributed by atoms with Crippen LogP contribution in [0.15, 0.2) is 59.2 Å². The van der Waals surface area contributed by atoms with E-state index in [-0.39, 0.29) is 30.7 Å². The van der Waals surface area contributed by atoms with Gasteiger partial charge in [0, 0.05) is 31.9 Å². The minimum Gasteiger partial charge on any atom is -0.497 e. The van der Waals surface area contributed by atoms with Crippen LogP contribution in [0, 0.1) is 0 Å². The Morgan fingerprint density at radius 2 is 1.82 bits per heavy atom. The fraction of sp³-hybridized carbons (Fsp3) is 0.292. The zero-order valence-corrected chi connectivity index (χ0v) is 18.3. The quantitative estimate of drug-likeness (QED) is 0.593. The molecule has 2 aromatic carbocycles. The van der Waals surface area contributed by atoms with Crippen molar-refractivity contribution in [2.45, 2.75) is 6.54 Å². The van der Waals surface area contributed by atoms with Crippen LogP contribution < -0.4 is 19.3 Å². The van der Waals surface area contributed by atoms with Crippen molar-refractivity contribution in [1.82, 2.24) is 9.88 Å². The molecule has 3 heterocycles. The number of aromatic nitrogens is 1. The lowest BCUT2D eigenvalue weighted by Gasteiger charge is -2.35. The summed E-state index contributed by atoms with van der Waals surface area (Å²) in [6.07, 6.45) is 1.37. The fourth-order valence-electron chi connectivity index (χ4n) is 4.07. The Labute approximate surface area is 191 Å².